The van der Waals surface area contributed by atoms with E-state index in [9.17, 15) is 9.90 Å². The maximum atomic E-state index is 12.2. The second-order valence-corrected chi connectivity index (χ2v) is 4.39. The molecule has 0 aliphatic heterocycles. The minimum atomic E-state index is -0.699. The van der Waals surface area contributed by atoms with Gasteiger partial charge in [0.05, 0.1) is 18.3 Å². The van der Waals surface area contributed by atoms with Crippen molar-refractivity contribution in [3.05, 3.63) is 29.3 Å². The number of ether oxygens (including phenoxy) is 1. The van der Waals surface area contributed by atoms with Crippen LogP contribution in [-0.2, 0) is 4.74 Å². The normalized spacial score (nSPS) is 12.2. The molecule has 1 unspecified atom stereocenters. The van der Waals surface area contributed by atoms with Crippen molar-refractivity contribution in [3.63, 3.8) is 0 Å². The molecule has 3 N–H and O–H groups in total. The van der Waals surface area contributed by atoms with Gasteiger partial charge in [-0.15, -0.1) is 0 Å². The van der Waals surface area contributed by atoms with Gasteiger partial charge >= 0.3 is 0 Å². The van der Waals surface area contributed by atoms with Gasteiger partial charge in [-0.1, -0.05) is 11.6 Å². The predicted molar refractivity (Wildman–Crippen MR) is 70.4 cm³/mol. The highest BCUT2D eigenvalue weighted by atomic mass is 16.5. The van der Waals surface area contributed by atoms with Crippen LogP contribution in [0.2, 0.25) is 0 Å². The quantitative estimate of drug-likeness (QED) is 0.755. The third kappa shape index (κ3) is 3.72. The molecule has 0 aliphatic carbocycles. The van der Waals surface area contributed by atoms with Crippen molar-refractivity contribution in [2.45, 2.75) is 13.0 Å². The number of carbonyl (C=O) groups excluding carboxylic acids is 1. The SMILES string of the molecule is COCC(O)CN(C)C(=O)c1cc(C)ccc1N. The summed E-state index contributed by atoms with van der Waals surface area (Å²) in [6.07, 6.45) is -0.699. The van der Waals surface area contributed by atoms with Crippen LogP contribution in [0.25, 0.3) is 0 Å². The molecule has 0 saturated heterocycles. The number of methoxy groups -OCH3 is 1. The average molecular weight is 252 g/mol. The smallest absolute Gasteiger partial charge is 0.255 e. The summed E-state index contributed by atoms with van der Waals surface area (Å²) in [5.41, 5.74) is 7.66. The van der Waals surface area contributed by atoms with Gasteiger partial charge in [0.1, 0.15) is 0 Å². The van der Waals surface area contributed by atoms with Crippen molar-refractivity contribution in [2.75, 3.05) is 33.0 Å². The van der Waals surface area contributed by atoms with Gasteiger partial charge in [-0.2, -0.15) is 0 Å². The molecule has 5 heteroatoms. The van der Waals surface area contributed by atoms with Crippen LogP contribution in [-0.4, -0.2) is 49.3 Å². The fourth-order valence-electron chi connectivity index (χ4n) is 1.71. The molecule has 100 valence electrons. The number of carbonyl (C=O) groups is 1. The molecule has 0 aliphatic rings. The zero-order chi connectivity index (χ0) is 13.7. The molecule has 0 saturated carbocycles. The van der Waals surface area contributed by atoms with Crippen LogP contribution >= 0.6 is 0 Å². The molecule has 0 bridgehead atoms. The van der Waals surface area contributed by atoms with Crippen molar-refractivity contribution in [3.8, 4) is 0 Å². The van der Waals surface area contributed by atoms with Gasteiger partial charge in [0.25, 0.3) is 5.91 Å². The average Bonchev–Trinajstić information content (AvgIpc) is 2.31. The fourth-order valence-corrected chi connectivity index (χ4v) is 1.71. The van der Waals surface area contributed by atoms with E-state index in [0.717, 1.165) is 5.56 Å². The highest BCUT2D eigenvalue weighted by molar-refractivity contribution is 5.99. The lowest BCUT2D eigenvalue weighted by Crippen LogP contribution is -2.36. The molecule has 1 aromatic carbocycles. The number of rotatable bonds is 5. The number of aliphatic hydroxyl groups is 1. The maximum absolute atomic E-state index is 12.2. The summed E-state index contributed by atoms with van der Waals surface area (Å²) in [5, 5.41) is 9.59. The van der Waals surface area contributed by atoms with E-state index >= 15 is 0 Å². The number of hydrogen-bond donors (Lipinski definition) is 2. The van der Waals surface area contributed by atoms with E-state index in [4.69, 9.17) is 10.5 Å². The number of nitrogen functional groups attached to an aromatic ring is 1. The van der Waals surface area contributed by atoms with Gasteiger partial charge in [0.15, 0.2) is 0 Å². The monoisotopic (exact) mass is 252 g/mol. The summed E-state index contributed by atoms with van der Waals surface area (Å²) < 4.78 is 4.82. The first-order valence-electron chi connectivity index (χ1n) is 5.74. The Morgan fingerprint density at radius 1 is 1.56 bits per heavy atom. The van der Waals surface area contributed by atoms with E-state index in [0.29, 0.717) is 11.3 Å². The number of benzene rings is 1. The Morgan fingerprint density at radius 2 is 2.22 bits per heavy atom. The van der Waals surface area contributed by atoms with E-state index in [1.54, 1.807) is 19.2 Å². The van der Waals surface area contributed by atoms with Crippen molar-refractivity contribution >= 4 is 11.6 Å². The van der Waals surface area contributed by atoms with Gasteiger partial charge < -0.3 is 20.5 Å². The summed E-state index contributed by atoms with van der Waals surface area (Å²) in [5.74, 6) is -0.202. The van der Waals surface area contributed by atoms with Gasteiger partial charge in [0, 0.05) is 26.4 Å². The molecule has 18 heavy (non-hydrogen) atoms. The molecule has 1 amide bonds. The third-order valence-electron chi connectivity index (χ3n) is 2.63. The number of aliphatic hydroxyl groups excluding tert-OH is 1. The Kier molecular flexibility index (Phi) is 5.12. The van der Waals surface area contributed by atoms with Gasteiger partial charge in [0.2, 0.25) is 0 Å². The first-order valence-corrected chi connectivity index (χ1v) is 5.74. The lowest BCUT2D eigenvalue weighted by molar-refractivity contribution is 0.0380. The molecule has 0 spiro atoms. The number of nitrogens with two attached hydrogens (primary N) is 1. The molecule has 0 fully saturated rings. The van der Waals surface area contributed by atoms with Crippen LogP contribution in [0.5, 0.6) is 0 Å². The molecule has 0 heterocycles. The summed E-state index contributed by atoms with van der Waals surface area (Å²) in [6, 6.07) is 5.31. The minimum Gasteiger partial charge on any atom is -0.398 e. The molecule has 0 aromatic heterocycles. The Labute approximate surface area is 107 Å². The predicted octanol–water partition coefficient (Wildman–Crippen LogP) is 0.657. The standard InChI is InChI=1S/C13H20N2O3/c1-9-4-5-12(14)11(6-9)13(17)15(2)7-10(16)8-18-3/h4-6,10,16H,7-8,14H2,1-3H3. The number of amides is 1. The first kappa shape index (κ1) is 14.5. The Hall–Kier alpha value is -1.59. The van der Waals surface area contributed by atoms with Gasteiger partial charge in [-0.05, 0) is 19.1 Å². The van der Waals surface area contributed by atoms with Crippen LogP contribution in [0.3, 0.4) is 0 Å². The van der Waals surface area contributed by atoms with Crippen molar-refractivity contribution in [1.82, 2.24) is 4.90 Å². The van der Waals surface area contributed by atoms with Crippen LogP contribution in [0.1, 0.15) is 15.9 Å². The van der Waals surface area contributed by atoms with E-state index in [2.05, 4.69) is 0 Å². The molecular weight excluding hydrogens is 232 g/mol. The molecular formula is C13H20N2O3. The third-order valence-corrected chi connectivity index (χ3v) is 2.63. The number of nitrogens with zero attached hydrogens (tertiary/aromatic N) is 1. The molecule has 1 aromatic rings. The van der Waals surface area contributed by atoms with Crippen molar-refractivity contribution < 1.29 is 14.6 Å². The van der Waals surface area contributed by atoms with E-state index in [1.165, 1.54) is 12.0 Å². The highest BCUT2D eigenvalue weighted by Gasteiger charge is 2.17. The molecule has 0 radical (unpaired) electrons. The summed E-state index contributed by atoms with van der Waals surface area (Å²) in [6.45, 7) is 2.30. The Morgan fingerprint density at radius 3 is 2.83 bits per heavy atom. The zero-order valence-electron chi connectivity index (χ0n) is 11.0. The first-order chi connectivity index (χ1) is 8.45. The Balaban J connectivity index is 2.77. The van der Waals surface area contributed by atoms with Gasteiger partial charge in [-0.3, -0.25) is 4.79 Å². The highest BCUT2D eigenvalue weighted by Crippen LogP contribution is 2.15. The number of likely N-dealkylation sites (N-methyl/N-ethyl adjacent to an activating group) is 1. The Bertz CT molecular complexity index is 421. The summed E-state index contributed by atoms with van der Waals surface area (Å²) >= 11 is 0. The van der Waals surface area contributed by atoms with Crippen LogP contribution in [0.15, 0.2) is 18.2 Å². The summed E-state index contributed by atoms with van der Waals surface area (Å²) in [7, 11) is 3.13. The second kappa shape index (κ2) is 6.37. The molecule has 1 rings (SSSR count). The van der Waals surface area contributed by atoms with E-state index in [1.807, 2.05) is 13.0 Å². The van der Waals surface area contributed by atoms with Crippen LogP contribution in [0, 0.1) is 6.92 Å². The van der Waals surface area contributed by atoms with E-state index in [-0.39, 0.29) is 19.1 Å². The number of aryl methyl sites for hydroxylation is 1. The molecule has 5 nitrogen and oxygen atoms in total. The zero-order valence-corrected chi connectivity index (χ0v) is 11.0. The van der Waals surface area contributed by atoms with Gasteiger partial charge in [-0.25, -0.2) is 0 Å². The van der Waals surface area contributed by atoms with Crippen LogP contribution < -0.4 is 5.73 Å². The van der Waals surface area contributed by atoms with Crippen LogP contribution in [0.4, 0.5) is 5.69 Å². The lowest BCUT2D eigenvalue weighted by atomic mass is 10.1. The minimum absolute atomic E-state index is 0.195. The van der Waals surface area contributed by atoms with Crippen molar-refractivity contribution in [1.29, 1.82) is 0 Å². The summed E-state index contributed by atoms with van der Waals surface area (Å²) in [4.78, 5) is 13.6. The fraction of sp³-hybridized carbons (Fsp3) is 0.462. The maximum Gasteiger partial charge on any atom is 0.255 e. The largest absolute Gasteiger partial charge is 0.398 e. The topological polar surface area (TPSA) is 75.8 Å². The number of hydrogen-bond acceptors (Lipinski definition) is 4. The number of anilines is 1. The van der Waals surface area contributed by atoms with Crippen molar-refractivity contribution in [2.24, 2.45) is 0 Å². The van der Waals surface area contributed by atoms with E-state index < -0.39 is 6.10 Å². The second-order valence-electron chi connectivity index (χ2n) is 4.39. The molecule has 1 atom stereocenters. The lowest BCUT2D eigenvalue weighted by Gasteiger charge is -2.21.